The molecule has 1 aromatic carbocycles. The Hall–Kier alpha value is -0.670. The summed E-state index contributed by atoms with van der Waals surface area (Å²) in [5.74, 6) is 0. The Labute approximate surface area is 86.4 Å². The van der Waals surface area contributed by atoms with Crippen LogP contribution < -0.4 is 0 Å². The highest BCUT2D eigenvalue weighted by Gasteiger charge is 2.09. The molecule has 0 spiro atoms. The summed E-state index contributed by atoms with van der Waals surface area (Å²) in [6.45, 7) is 1.81. The van der Waals surface area contributed by atoms with Crippen molar-refractivity contribution in [2.45, 2.75) is 13.0 Å². The molecule has 1 atom stereocenters. The van der Waals surface area contributed by atoms with E-state index in [0.29, 0.717) is 0 Å². The molecular weight excluding hydrogens is 230 g/mol. The lowest BCUT2D eigenvalue weighted by Crippen LogP contribution is -2.07. The van der Waals surface area contributed by atoms with E-state index in [1.54, 1.807) is 7.05 Å². The largest absolute Gasteiger partial charge is 0.382 e. The molecular formula is C10H12BrNO. The number of aliphatic hydroxyl groups excluding tert-OH is 1. The van der Waals surface area contributed by atoms with Crippen molar-refractivity contribution in [3.63, 3.8) is 0 Å². The average Bonchev–Trinajstić information content (AvgIpc) is 2.17. The van der Waals surface area contributed by atoms with Gasteiger partial charge in [-0.3, -0.25) is 4.99 Å². The van der Waals surface area contributed by atoms with E-state index in [0.717, 1.165) is 15.7 Å². The zero-order valence-electron chi connectivity index (χ0n) is 7.66. The lowest BCUT2D eigenvalue weighted by atomic mass is 10.1. The molecule has 0 fully saturated rings. The fraction of sp³-hybridized carbons (Fsp3) is 0.300. The number of aliphatic hydroxyl groups is 1. The van der Waals surface area contributed by atoms with Gasteiger partial charge in [0.25, 0.3) is 0 Å². The van der Waals surface area contributed by atoms with E-state index in [4.69, 9.17) is 0 Å². The molecule has 0 aromatic heterocycles. The Kier molecular flexibility index (Phi) is 3.63. The minimum Gasteiger partial charge on any atom is -0.382 e. The summed E-state index contributed by atoms with van der Waals surface area (Å²) >= 11 is 3.34. The van der Waals surface area contributed by atoms with Crippen LogP contribution in [0.1, 0.15) is 18.6 Å². The molecule has 3 heteroatoms. The van der Waals surface area contributed by atoms with Crippen LogP contribution in [0, 0.1) is 0 Å². The van der Waals surface area contributed by atoms with Gasteiger partial charge in [0.05, 0.1) is 0 Å². The Morgan fingerprint density at radius 1 is 1.38 bits per heavy atom. The summed E-state index contributed by atoms with van der Waals surface area (Å²) < 4.78 is 1.01. The summed E-state index contributed by atoms with van der Waals surface area (Å²) in [5, 5.41) is 9.73. The molecule has 13 heavy (non-hydrogen) atoms. The van der Waals surface area contributed by atoms with Gasteiger partial charge >= 0.3 is 0 Å². The van der Waals surface area contributed by atoms with Crippen LogP contribution in [0.5, 0.6) is 0 Å². The van der Waals surface area contributed by atoms with Crippen molar-refractivity contribution in [2.75, 3.05) is 7.05 Å². The number of rotatable bonds is 2. The van der Waals surface area contributed by atoms with Gasteiger partial charge in [-0.2, -0.15) is 0 Å². The van der Waals surface area contributed by atoms with Crippen molar-refractivity contribution in [2.24, 2.45) is 4.99 Å². The van der Waals surface area contributed by atoms with E-state index in [2.05, 4.69) is 20.9 Å². The van der Waals surface area contributed by atoms with E-state index >= 15 is 0 Å². The predicted molar refractivity (Wildman–Crippen MR) is 58.1 cm³/mol. The monoisotopic (exact) mass is 241 g/mol. The van der Waals surface area contributed by atoms with Gasteiger partial charge in [0.2, 0.25) is 0 Å². The first kappa shape index (κ1) is 10.4. The molecule has 1 aromatic rings. The van der Waals surface area contributed by atoms with Crippen molar-refractivity contribution in [3.8, 4) is 0 Å². The van der Waals surface area contributed by atoms with Crippen molar-refractivity contribution < 1.29 is 5.11 Å². The molecule has 1 rings (SSSR count). The molecule has 0 aliphatic heterocycles. The van der Waals surface area contributed by atoms with Gasteiger partial charge in [-0.15, -0.1) is 0 Å². The van der Waals surface area contributed by atoms with Crippen LogP contribution in [0.15, 0.2) is 33.7 Å². The van der Waals surface area contributed by atoms with Crippen LogP contribution in [-0.4, -0.2) is 17.9 Å². The Bertz CT molecular complexity index is 305. The fourth-order valence-electron chi connectivity index (χ4n) is 1.01. The maximum absolute atomic E-state index is 9.73. The van der Waals surface area contributed by atoms with Crippen molar-refractivity contribution >= 4 is 21.6 Å². The predicted octanol–water partition coefficient (Wildman–Crippen LogP) is 2.57. The number of halogens is 1. The molecule has 0 saturated heterocycles. The lowest BCUT2D eigenvalue weighted by molar-refractivity contribution is 0.246. The Balaban J connectivity index is 2.89. The minimum absolute atomic E-state index is 0.585. The van der Waals surface area contributed by atoms with Crippen molar-refractivity contribution in [3.05, 3.63) is 34.3 Å². The SMILES string of the molecule is CN=C(C)C(O)c1ccc(Br)cc1. The van der Waals surface area contributed by atoms with Crippen LogP contribution in [-0.2, 0) is 0 Å². The normalized spacial score (nSPS) is 14.3. The first-order chi connectivity index (χ1) is 6.15. The second-order valence-electron chi connectivity index (χ2n) is 2.82. The zero-order valence-corrected chi connectivity index (χ0v) is 9.25. The summed E-state index contributed by atoms with van der Waals surface area (Å²) in [4.78, 5) is 3.94. The summed E-state index contributed by atoms with van der Waals surface area (Å²) in [6, 6.07) is 7.57. The first-order valence-corrected chi connectivity index (χ1v) is 4.81. The molecule has 1 N–H and O–H groups in total. The number of aliphatic imine (C=N–C) groups is 1. The van der Waals surface area contributed by atoms with Gasteiger partial charge in [-0.05, 0) is 24.6 Å². The smallest absolute Gasteiger partial charge is 0.116 e. The topological polar surface area (TPSA) is 32.6 Å². The quantitative estimate of drug-likeness (QED) is 0.794. The molecule has 0 bridgehead atoms. The third-order valence-electron chi connectivity index (χ3n) is 1.93. The van der Waals surface area contributed by atoms with Gasteiger partial charge in [0.1, 0.15) is 6.10 Å². The molecule has 2 nitrogen and oxygen atoms in total. The molecule has 0 amide bonds. The Morgan fingerprint density at radius 2 is 1.92 bits per heavy atom. The third kappa shape index (κ3) is 2.64. The fourth-order valence-corrected chi connectivity index (χ4v) is 1.27. The molecule has 0 aliphatic rings. The second-order valence-corrected chi connectivity index (χ2v) is 3.73. The van der Waals surface area contributed by atoms with Crippen LogP contribution in [0.4, 0.5) is 0 Å². The van der Waals surface area contributed by atoms with Crippen LogP contribution in [0.25, 0.3) is 0 Å². The number of benzene rings is 1. The van der Waals surface area contributed by atoms with E-state index in [1.165, 1.54) is 0 Å². The van der Waals surface area contributed by atoms with E-state index in [1.807, 2.05) is 31.2 Å². The van der Waals surface area contributed by atoms with Crippen molar-refractivity contribution in [1.29, 1.82) is 0 Å². The minimum atomic E-state index is -0.585. The molecule has 0 radical (unpaired) electrons. The van der Waals surface area contributed by atoms with E-state index < -0.39 is 6.10 Å². The average molecular weight is 242 g/mol. The zero-order chi connectivity index (χ0) is 9.84. The molecule has 0 heterocycles. The van der Waals surface area contributed by atoms with Gasteiger partial charge in [-0.25, -0.2) is 0 Å². The van der Waals surface area contributed by atoms with Gasteiger partial charge in [0, 0.05) is 17.2 Å². The Morgan fingerprint density at radius 3 is 2.38 bits per heavy atom. The maximum Gasteiger partial charge on any atom is 0.116 e. The third-order valence-corrected chi connectivity index (χ3v) is 2.46. The van der Waals surface area contributed by atoms with Gasteiger partial charge < -0.3 is 5.11 Å². The first-order valence-electron chi connectivity index (χ1n) is 4.02. The van der Waals surface area contributed by atoms with Gasteiger partial charge in [-0.1, -0.05) is 28.1 Å². The maximum atomic E-state index is 9.73. The second kappa shape index (κ2) is 4.53. The highest BCUT2D eigenvalue weighted by Crippen LogP contribution is 2.17. The summed E-state index contributed by atoms with van der Waals surface area (Å²) in [5.41, 5.74) is 1.59. The van der Waals surface area contributed by atoms with Crippen LogP contribution in [0.3, 0.4) is 0 Å². The summed E-state index contributed by atoms with van der Waals surface area (Å²) in [6.07, 6.45) is -0.585. The standard InChI is InChI=1S/C10H12BrNO/c1-7(12-2)10(13)8-3-5-9(11)6-4-8/h3-6,10,13H,1-2H3. The van der Waals surface area contributed by atoms with Gasteiger partial charge in [0.15, 0.2) is 0 Å². The number of nitrogens with zero attached hydrogens (tertiary/aromatic N) is 1. The highest BCUT2D eigenvalue weighted by molar-refractivity contribution is 9.10. The van der Waals surface area contributed by atoms with Crippen LogP contribution in [0.2, 0.25) is 0 Å². The molecule has 0 saturated carbocycles. The number of hydrogen-bond donors (Lipinski definition) is 1. The number of hydrogen-bond acceptors (Lipinski definition) is 2. The lowest BCUT2D eigenvalue weighted by Gasteiger charge is -2.09. The van der Waals surface area contributed by atoms with Crippen molar-refractivity contribution in [1.82, 2.24) is 0 Å². The van der Waals surface area contributed by atoms with E-state index in [-0.39, 0.29) is 0 Å². The molecule has 1 unspecified atom stereocenters. The van der Waals surface area contributed by atoms with E-state index in [9.17, 15) is 5.11 Å². The highest BCUT2D eigenvalue weighted by atomic mass is 79.9. The summed E-state index contributed by atoms with van der Waals surface area (Å²) in [7, 11) is 1.68. The molecule has 0 aliphatic carbocycles. The van der Waals surface area contributed by atoms with Crippen LogP contribution >= 0.6 is 15.9 Å². The molecule has 70 valence electrons.